The number of benzene rings is 1. The van der Waals surface area contributed by atoms with Crippen molar-refractivity contribution in [2.75, 3.05) is 25.0 Å². The third-order valence-corrected chi connectivity index (χ3v) is 4.43. The maximum Gasteiger partial charge on any atom is 0.255 e. The van der Waals surface area contributed by atoms with E-state index in [0.717, 1.165) is 32.5 Å². The fraction of sp³-hybridized carbons (Fsp3) is 0.368. The number of hydrogen-bond donors (Lipinski definition) is 2. The molecule has 2 N–H and O–H groups in total. The number of nitrogens with one attached hydrogen (secondary N) is 2. The van der Waals surface area contributed by atoms with Gasteiger partial charge in [0.25, 0.3) is 5.91 Å². The number of anilines is 2. The third-order valence-electron chi connectivity index (χ3n) is 4.43. The standard InChI is InChI=1S/C19H23FN4O/c1-2-24-11-5-8-16(13-24)23-19(25)17-9-4-10-21-18(17)22-15-7-3-6-14(20)12-15/h3-4,6-7,9-10,12,16H,2,5,8,11,13H2,1H3,(H,21,22)(H,23,25)/t16-/m0/s1. The zero-order chi connectivity index (χ0) is 17.6. The Morgan fingerprint density at radius 3 is 3.04 bits per heavy atom. The average Bonchev–Trinajstić information content (AvgIpc) is 2.62. The third kappa shape index (κ3) is 4.54. The van der Waals surface area contributed by atoms with Crippen molar-refractivity contribution in [3.05, 3.63) is 54.0 Å². The Hall–Kier alpha value is -2.47. The van der Waals surface area contributed by atoms with Crippen molar-refractivity contribution in [3.8, 4) is 0 Å². The molecule has 1 amide bonds. The fourth-order valence-electron chi connectivity index (χ4n) is 3.11. The lowest BCUT2D eigenvalue weighted by Gasteiger charge is -2.32. The van der Waals surface area contributed by atoms with Crippen LogP contribution in [0.5, 0.6) is 0 Å². The van der Waals surface area contributed by atoms with Crippen molar-refractivity contribution >= 4 is 17.4 Å². The van der Waals surface area contributed by atoms with Crippen molar-refractivity contribution in [1.29, 1.82) is 0 Å². The lowest BCUT2D eigenvalue weighted by Crippen LogP contribution is -2.47. The average molecular weight is 342 g/mol. The first-order chi connectivity index (χ1) is 12.2. The van der Waals surface area contributed by atoms with Crippen molar-refractivity contribution in [2.24, 2.45) is 0 Å². The first-order valence-corrected chi connectivity index (χ1v) is 8.66. The molecular weight excluding hydrogens is 319 g/mol. The molecule has 2 heterocycles. The van der Waals surface area contributed by atoms with E-state index in [1.54, 1.807) is 30.5 Å². The molecule has 0 saturated carbocycles. The van der Waals surface area contributed by atoms with Crippen LogP contribution in [0.4, 0.5) is 15.9 Å². The molecule has 1 saturated heterocycles. The van der Waals surface area contributed by atoms with Crippen molar-refractivity contribution in [2.45, 2.75) is 25.8 Å². The number of nitrogens with zero attached hydrogens (tertiary/aromatic N) is 2. The molecule has 1 aliphatic rings. The zero-order valence-electron chi connectivity index (χ0n) is 14.3. The minimum atomic E-state index is -0.339. The number of aromatic nitrogens is 1. The maximum absolute atomic E-state index is 13.4. The molecule has 1 aromatic carbocycles. The molecule has 132 valence electrons. The SMILES string of the molecule is CCN1CCC[C@H](NC(=O)c2cccnc2Nc2cccc(F)c2)C1. The lowest BCUT2D eigenvalue weighted by atomic mass is 10.1. The number of carbonyl (C=O) groups is 1. The summed E-state index contributed by atoms with van der Waals surface area (Å²) >= 11 is 0. The largest absolute Gasteiger partial charge is 0.348 e. The fourth-order valence-corrected chi connectivity index (χ4v) is 3.11. The maximum atomic E-state index is 13.4. The molecule has 1 aromatic heterocycles. The zero-order valence-corrected chi connectivity index (χ0v) is 14.3. The number of halogens is 1. The van der Waals surface area contributed by atoms with Gasteiger partial charge in [-0.3, -0.25) is 4.79 Å². The van der Waals surface area contributed by atoms with E-state index < -0.39 is 0 Å². The molecule has 1 aliphatic heterocycles. The molecule has 5 nitrogen and oxygen atoms in total. The highest BCUT2D eigenvalue weighted by molar-refractivity contribution is 5.99. The van der Waals surface area contributed by atoms with Gasteiger partial charge in [0.05, 0.1) is 5.56 Å². The summed E-state index contributed by atoms with van der Waals surface area (Å²) in [5.74, 6) is -0.0718. The molecular formula is C19H23FN4O. The van der Waals surface area contributed by atoms with Crippen molar-refractivity contribution in [1.82, 2.24) is 15.2 Å². The Bertz CT molecular complexity index is 737. The molecule has 0 aliphatic carbocycles. The minimum Gasteiger partial charge on any atom is -0.348 e. The molecule has 0 unspecified atom stereocenters. The van der Waals surface area contributed by atoms with E-state index >= 15 is 0 Å². The van der Waals surface area contributed by atoms with Gasteiger partial charge in [-0.2, -0.15) is 0 Å². The van der Waals surface area contributed by atoms with Crippen LogP contribution in [0.15, 0.2) is 42.6 Å². The predicted octanol–water partition coefficient (Wildman–Crippen LogP) is 3.18. The Morgan fingerprint density at radius 2 is 2.24 bits per heavy atom. The summed E-state index contributed by atoms with van der Waals surface area (Å²) in [5.41, 5.74) is 1.02. The van der Waals surface area contributed by atoms with Crippen LogP contribution in [0, 0.1) is 5.82 Å². The molecule has 1 atom stereocenters. The molecule has 0 spiro atoms. The number of hydrogen-bond acceptors (Lipinski definition) is 4. The van der Waals surface area contributed by atoms with Crippen LogP contribution in [0.3, 0.4) is 0 Å². The van der Waals surface area contributed by atoms with E-state index in [9.17, 15) is 9.18 Å². The minimum absolute atomic E-state index is 0.142. The van der Waals surface area contributed by atoms with Crippen LogP contribution in [-0.2, 0) is 0 Å². The lowest BCUT2D eigenvalue weighted by molar-refractivity contribution is 0.0906. The van der Waals surface area contributed by atoms with Gasteiger partial charge in [0.1, 0.15) is 11.6 Å². The summed E-state index contributed by atoms with van der Waals surface area (Å²) in [7, 11) is 0. The number of amides is 1. The summed E-state index contributed by atoms with van der Waals surface area (Å²) < 4.78 is 13.4. The van der Waals surface area contributed by atoms with Crippen LogP contribution >= 0.6 is 0 Å². The second-order valence-electron chi connectivity index (χ2n) is 6.24. The van der Waals surface area contributed by atoms with Gasteiger partial charge in [-0.15, -0.1) is 0 Å². The van der Waals surface area contributed by atoms with Gasteiger partial charge >= 0.3 is 0 Å². The summed E-state index contributed by atoms with van der Waals surface area (Å²) in [5, 5.41) is 6.13. The topological polar surface area (TPSA) is 57.3 Å². The van der Waals surface area contributed by atoms with Gasteiger partial charge in [0.2, 0.25) is 0 Å². The molecule has 1 fully saturated rings. The van der Waals surface area contributed by atoms with Crippen LogP contribution < -0.4 is 10.6 Å². The number of pyridine rings is 1. The van der Waals surface area contributed by atoms with Crippen LogP contribution in [0.2, 0.25) is 0 Å². The van der Waals surface area contributed by atoms with E-state index in [1.807, 2.05) is 0 Å². The highest BCUT2D eigenvalue weighted by Gasteiger charge is 2.22. The molecule has 0 bridgehead atoms. The van der Waals surface area contributed by atoms with Crippen LogP contribution in [-0.4, -0.2) is 41.5 Å². The number of likely N-dealkylation sites (tertiary alicyclic amines) is 1. The van der Waals surface area contributed by atoms with Gasteiger partial charge in [-0.1, -0.05) is 13.0 Å². The summed E-state index contributed by atoms with van der Waals surface area (Å²) in [6, 6.07) is 9.69. The van der Waals surface area contributed by atoms with Gasteiger partial charge in [0, 0.05) is 24.5 Å². The van der Waals surface area contributed by atoms with Crippen LogP contribution in [0.25, 0.3) is 0 Å². The van der Waals surface area contributed by atoms with Gasteiger partial charge in [-0.25, -0.2) is 9.37 Å². The quantitative estimate of drug-likeness (QED) is 0.876. The van der Waals surface area contributed by atoms with E-state index in [-0.39, 0.29) is 17.8 Å². The molecule has 25 heavy (non-hydrogen) atoms. The highest BCUT2D eigenvalue weighted by atomic mass is 19.1. The smallest absolute Gasteiger partial charge is 0.255 e. The van der Waals surface area contributed by atoms with Gasteiger partial charge in [-0.05, 0) is 56.3 Å². The van der Waals surface area contributed by atoms with E-state index in [4.69, 9.17) is 0 Å². The predicted molar refractivity (Wildman–Crippen MR) is 96.5 cm³/mol. The van der Waals surface area contributed by atoms with E-state index in [2.05, 4.69) is 27.4 Å². The second kappa shape index (κ2) is 8.07. The number of carbonyl (C=O) groups excluding carboxylic acids is 1. The Kier molecular flexibility index (Phi) is 5.60. The molecule has 0 radical (unpaired) electrons. The van der Waals surface area contributed by atoms with Gasteiger partial charge < -0.3 is 15.5 Å². The highest BCUT2D eigenvalue weighted by Crippen LogP contribution is 2.20. The first kappa shape index (κ1) is 17.4. The second-order valence-corrected chi connectivity index (χ2v) is 6.24. The molecule has 6 heteroatoms. The Labute approximate surface area is 147 Å². The Morgan fingerprint density at radius 1 is 1.36 bits per heavy atom. The normalized spacial score (nSPS) is 17.9. The summed E-state index contributed by atoms with van der Waals surface area (Å²) in [6.45, 7) is 5.08. The number of likely N-dealkylation sites (N-methyl/N-ethyl adjacent to an activating group) is 1. The first-order valence-electron chi connectivity index (χ1n) is 8.66. The van der Waals surface area contributed by atoms with E-state index in [0.29, 0.717) is 17.1 Å². The number of piperidine rings is 1. The number of rotatable bonds is 5. The van der Waals surface area contributed by atoms with E-state index in [1.165, 1.54) is 12.1 Å². The monoisotopic (exact) mass is 342 g/mol. The van der Waals surface area contributed by atoms with Crippen molar-refractivity contribution < 1.29 is 9.18 Å². The van der Waals surface area contributed by atoms with Crippen molar-refractivity contribution in [3.63, 3.8) is 0 Å². The molecule has 2 aromatic rings. The molecule has 3 rings (SSSR count). The summed E-state index contributed by atoms with van der Waals surface area (Å²) in [6.07, 6.45) is 3.67. The van der Waals surface area contributed by atoms with Gasteiger partial charge in [0.15, 0.2) is 0 Å². The Balaban J connectivity index is 1.72. The van der Waals surface area contributed by atoms with Crippen LogP contribution in [0.1, 0.15) is 30.1 Å². The summed E-state index contributed by atoms with van der Waals surface area (Å²) in [4.78, 5) is 19.3.